The van der Waals surface area contributed by atoms with Crippen molar-refractivity contribution >= 4 is 81.7 Å². The highest BCUT2D eigenvalue weighted by molar-refractivity contribution is 8.00. The summed E-state index contributed by atoms with van der Waals surface area (Å²) in [4.78, 5) is 39.1. The molecule has 4 aromatic rings. The molecule has 0 aliphatic rings. The SMILES string of the molecule is O=C(CSc1ccc(NC(=O)/C(=C/c2cccc(Cl)c2)NC(=O)c2ccccc2)cc1)Nc1cc(Cl)ccc1Cl. The Morgan fingerprint density at radius 2 is 1.48 bits per heavy atom. The summed E-state index contributed by atoms with van der Waals surface area (Å²) >= 11 is 19.5. The number of hydrogen-bond acceptors (Lipinski definition) is 4. The van der Waals surface area contributed by atoms with Crippen LogP contribution < -0.4 is 16.0 Å². The molecule has 3 amide bonds. The van der Waals surface area contributed by atoms with Crippen molar-refractivity contribution in [3.05, 3.63) is 129 Å². The molecule has 0 aliphatic heterocycles. The molecular weight excluding hydrogens is 589 g/mol. The third-order valence-corrected chi connectivity index (χ3v) is 7.18. The van der Waals surface area contributed by atoms with E-state index < -0.39 is 11.8 Å². The van der Waals surface area contributed by atoms with Crippen molar-refractivity contribution in [2.45, 2.75) is 4.90 Å². The number of halogens is 3. The Hall–Kier alpha value is -3.75. The molecule has 0 heterocycles. The van der Waals surface area contributed by atoms with E-state index in [0.717, 1.165) is 4.90 Å². The summed E-state index contributed by atoms with van der Waals surface area (Å²) in [5.74, 6) is -1.03. The molecule has 4 rings (SSSR count). The van der Waals surface area contributed by atoms with E-state index in [1.807, 2.05) is 0 Å². The van der Waals surface area contributed by atoms with Crippen molar-refractivity contribution in [1.29, 1.82) is 0 Å². The van der Waals surface area contributed by atoms with Gasteiger partial charge >= 0.3 is 0 Å². The lowest BCUT2D eigenvalue weighted by Gasteiger charge is -2.12. The Morgan fingerprint density at radius 3 is 2.20 bits per heavy atom. The maximum absolute atomic E-state index is 13.2. The van der Waals surface area contributed by atoms with Crippen LogP contribution in [-0.2, 0) is 9.59 Å². The maximum Gasteiger partial charge on any atom is 0.272 e. The van der Waals surface area contributed by atoms with E-state index in [1.165, 1.54) is 11.8 Å². The van der Waals surface area contributed by atoms with Crippen LogP contribution >= 0.6 is 46.6 Å². The number of nitrogens with one attached hydrogen (secondary N) is 3. The lowest BCUT2D eigenvalue weighted by atomic mass is 10.1. The molecule has 202 valence electrons. The van der Waals surface area contributed by atoms with Gasteiger partial charge in [-0.15, -0.1) is 11.8 Å². The van der Waals surface area contributed by atoms with Gasteiger partial charge < -0.3 is 16.0 Å². The van der Waals surface area contributed by atoms with Crippen LogP contribution in [0.1, 0.15) is 15.9 Å². The summed E-state index contributed by atoms with van der Waals surface area (Å²) in [6.07, 6.45) is 1.55. The molecule has 0 saturated heterocycles. The Bertz CT molecular complexity index is 1560. The van der Waals surface area contributed by atoms with E-state index in [4.69, 9.17) is 34.8 Å². The summed E-state index contributed by atoms with van der Waals surface area (Å²) in [5.41, 5.74) is 2.06. The topological polar surface area (TPSA) is 87.3 Å². The highest BCUT2D eigenvalue weighted by Crippen LogP contribution is 2.26. The standard InChI is InChI=1S/C30H22Cl3N3O3S/c31-21-8-4-5-19(15-21)16-27(36-29(38)20-6-2-1-3-7-20)30(39)34-23-10-12-24(13-11-23)40-18-28(37)35-26-17-22(32)9-14-25(26)33/h1-17H,18H2,(H,34,39)(H,35,37)(H,36,38)/b27-16-. The molecule has 0 aliphatic carbocycles. The molecule has 10 heteroatoms. The van der Waals surface area contributed by atoms with Crippen molar-refractivity contribution in [3.63, 3.8) is 0 Å². The number of carbonyl (C=O) groups is 3. The average molecular weight is 611 g/mol. The zero-order chi connectivity index (χ0) is 28.5. The second-order valence-electron chi connectivity index (χ2n) is 8.37. The number of hydrogen-bond donors (Lipinski definition) is 3. The first-order valence-corrected chi connectivity index (χ1v) is 14.0. The van der Waals surface area contributed by atoms with Gasteiger partial charge in [0.05, 0.1) is 16.5 Å². The monoisotopic (exact) mass is 609 g/mol. The Balaban J connectivity index is 1.41. The highest BCUT2D eigenvalue weighted by atomic mass is 35.5. The van der Waals surface area contributed by atoms with Gasteiger partial charge in [0, 0.05) is 26.2 Å². The third-order valence-electron chi connectivity index (χ3n) is 5.37. The second-order valence-corrected chi connectivity index (χ2v) is 10.7. The number of carbonyl (C=O) groups excluding carboxylic acids is 3. The fourth-order valence-electron chi connectivity index (χ4n) is 3.47. The Kier molecular flexibility index (Phi) is 10.3. The molecule has 0 bridgehead atoms. The highest BCUT2D eigenvalue weighted by Gasteiger charge is 2.15. The normalized spacial score (nSPS) is 11.0. The largest absolute Gasteiger partial charge is 0.324 e. The molecule has 3 N–H and O–H groups in total. The molecule has 0 aromatic heterocycles. The number of anilines is 2. The van der Waals surface area contributed by atoms with Crippen molar-refractivity contribution in [3.8, 4) is 0 Å². The van der Waals surface area contributed by atoms with Gasteiger partial charge in [0.2, 0.25) is 5.91 Å². The zero-order valence-corrected chi connectivity index (χ0v) is 23.9. The molecule has 0 radical (unpaired) electrons. The predicted octanol–water partition coefficient (Wildman–Crippen LogP) is 7.79. The Labute approximate surface area is 250 Å². The zero-order valence-electron chi connectivity index (χ0n) is 20.8. The number of rotatable bonds is 9. The van der Waals surface area contributed by atoms with E-state index in [-0.39, 0.29) is 17.4 Å². The lowest BCUT2D eigenvalue weighted by molar-refractivity contribution is -0.114. The number of amides is 3. The lowest BCUT2D eigenvalue weighted by Crippen LogP contribution is -2.30. The first-order chi connectivity index (χ1) is 19.3. The third kappa shape index (κ3) is 8.63. The summed E-state index contributed by atoms with van der Waals surface area (Å²) in [6.45, 7) is 0. The van der Waals surface area contributed by atoms with Crippen LogP contribution in [0, 0.1) is 0 Å². The van der Waals surface area contributed by atoms with E-state index in [0.29, 0.717) is 37.6 Å². The quantitative estimate of drug-likeness (QED) is 0.133. The smallest absolute Gasteiger partial charge is 0.272 e. The van der Waals surface area contributed by atoms with Crippen LogP contribution in [0.3, 0.4) is 0 Å². The van der Waals surface area contributed by atoms with Crippen LogP contribution in [0.15, 0.2) is 108 Å². The predicted molar refractivity (Wildman–Crippen MR) is 164 cm³/mol. The van der Waals surface area contributed by atoms with Gasteiger partial charge in [0.1, 0.15) is 5.70 Å². The van der Waals surface area contributed by atoms with E-state index >= 15 is 0 Å². The average Bonchev–Trinajstić information content (AvgIpc) is 2.94. The fraction of sp³-hybridized carbons (Fsp3) is 0.0333. The van der Waals surface area contributed by atoms with Crippen molar-refractivity contribution in [2.75, 3.05) is 16.4 Å². The van der Waals surface area contributed by atoms with Crippen LogP contribution in [0.5, 0.6) is 0 Å². The molecule has 6 nitrogen and oxygen atoms in total. The minimum absolute atomic E-state index is 0.0471. The van der Waals surface area contributed by atoms with Gasteiger partial charge in [-0.2, -0.15) is 0 Å². The van der Waals surface area contributed by atoms with Crippen LogP contribution in [-0.4, -0.2) is 23.5 Å². The van der Waals surface area contributed by atoms with Gasteiger partial charge in [-0.3, -0.25) is 14.4 Å². The molecule has 0 atom stereocenters. The van der Waals surface area contributed by atoms with Gasteiger partial charge in [0.15, 0.2) is 0 Å². The van der Waals surface area contributed by atoms with E-state index in [2.05, 4.69) is 16.0 Å². The number of benzene rings is 4. The van der Waals surface area contributed by atoms with E-state index in [1.54, 1.807) is 103 Å². The van der Waals surface area contributed by atoms with Crippen molar-refractivity contribution in [2.24, 2.45) is 0 Å². The molecule has 0 unspecified atom stereocenters. The van der Waals surface area contributed by atoms with Gasteiger partial charge in [-0.25, -0.2) is 0 Å². The summed E-state index contributed by atoms with van der Waals surface area (Å²) in [5, 5.41) is 9.60. The summed E-state index contributed by atoms with van der Waals surface area (Å²) in [7, 11) is 0. The van der Waals surface area contributed by atoms with Crippen LogP contribution in [0.2, 0.25) is 15.1 Å². The number of thioether (sulfide) groups is 1. The molecule has 40 heavy (non-hydrogen) atoms. The molecule has 0 saturated carbocycles. The van der Waals surface area contributed by atoms with Crippen LogP contribution in [0.25, 0.3) is 6.08 Å². The summed E-state index contributed by atoms with van der Waals surface area (Å²) < 4.78 is 0. The van der Waals surface area contributed by atoms with Crippen molar-refractivity contribution < 1.29 is 14.4 Å². The summed E-state index contributed by atoms with van der Waals surface area (Å²) in [6, 6.07) is 27.4. The maximum atomic E-state index is 13.2. The van der Waals surface area contributed by atoms with Gasteiger partial charge in [-0.05, 0) is 78.4 Å². The Morgan fingerprint density at radius 1 is 0.750 bits per heavy atom. The van der Waals surface area contributed by atoms with Crippen LogP contribution in [0.4, 0.5) is 11.4 Å². The minimum Gasteiger partial charge on any atom is -0.324 e. The molecule has 0 spiro atoms. The van der Waals surface area contributed by atoms with E-state index in [9.17, 15) is 14.4 Å². The first-order valence-electron chi connectivity index (χ1n) is 11.9. The van der Waals surface area contributed by atoms with Gasteiger partial charge in [0.25, 0.3) is 11.8 Å². The first kappa shape index (κ1) is 29.2. The molecule has 4 aromatic carbocycles. The minimum atomic E-state index is -0.512. The van der Waals surface area contributed by atoms with Gasteiger partial charge in [-0.1, -0.05) is 65.1 Å². The molecular formula is C30H22Cl3N3O3S. The second kappa shape index (κ2) is 14.1. The fourth-order valence-corrected chi connectivity index (χ4v) is 4.70. The molecule has 0 fully saturated rings. The van der Waals surface area contributed by atoms with Crippen molar-refractivity contribution in [1.82, 2.24) is 5.32 Å².